The Kier molecular flexibility index (Phi) is 5.02. The van der Waals surface area contributed by atoms with Crippen LogP contribution in [0.15, 0.2) is 40.9 Å². The molecule has 106 valence electrons. The number of hydrogen-bond acceptors (Lipinski definition) is 2. The van der Waals surface area contributed by atoms with Crippen LogP contribution in [0.1, 0.15) is 24.1 Å². The van der Waals surface area contributed by atoms with Gasteiger partial charge in [0.2, 0.25) is 0 Å². The van der Waals surface area contributed by atoms with Gasteiger partial charge in [0, 0.05) is 16.1 Å². The predicted octanol–water partition coefficient (Wildman–Crippen LogP) is 4.84. The van der Waals surface area contributed by atoms with Gasteiger partial charge in [-0.2, -0.15) is 0 Å². The van der Waals surface area contributed by atoms with Crippen molar-refractivity contribution in [3.8, 4) is 5.75 Å². The monoisotopic (exact) mass is 357 g/mol. The summed E-state index contributed by atoms with van der Waals surface area (Å²) in [5, 5.41) is 0.105. The van der Waals surface area contributed by atoms with Crippen molar-refractivity contribution < 1.29 is 9.13 Å². The van der Waals surface area contributed by atoms with E-state index in [-0.39, 0.29) is 17.7 Å². The van der Waals surface area contributed by atoms with Crippen molar-refractivity contribution in [3.63, 3.8) is 0 Å². The van der Waals surface area contributed by atoms with E-state index in [9.17, 15) is 4.39 Å². The maximum atomic E-state index is 13.4. The lowest BCUT2D eigenvalue weighted by atomic mass is 10.1. The van der Waals surface area contributed by atoms with Crippen molar-refractivity contribution >= 4 is 27.5 Å². The van der Waals surface area contributed by atoms with Gasteiger partial charge >= 0.3 is 0 Å². The third-order valence-corrected chi connectivity index (χ3v) is 3.64. The average Bonchev–Trinajstić information content (AvgIpc) is 2.41. The third-order valence-electron chi connectivity index (χ3n) is 2.84. The van der Waals surface area contributed by atoms with E-state index in [1.165, 1.54) is 12.1 Å². The van der Waals surface area contributed by atoms with Crippen LogP contribution >= 0.6 is 27.5 Å². The summed E-state index contributed by atoms with van der Waals surface area (Å²) in [7, 11) is 0. The standard InChI is InChI=1S/C15H14BrClFNO/c1-9(19)12-7-11(16)3-5-15(12)20-8-10-2-4-13(17)14(18)6-10/h2-7,9H,8,19H2,1H3. The van der Waals surface area contributed by atoms with Crippen LogP contribution in [0.3, 0.4) is 0 Å². The molecule has 2 N–H and O–H groups in total. The smallest absolute Gasteiger partial charge is 0.142 e. The molecular formula is C15H14BrClFNO. The van der Waals surface area contributed by atoms with Crippen LogP contribution in [0, 0.1) is 5.82 Å². The summed E-state index contributed by atoms with van der Waals surface area (Å²) in [5.41, 5.74) is 7.53. The summed E-state index contributed by atoms with van der Waals surface area (Å²) in [6.07, 6.45) is 0. The van der Waals surface area contributed by atoms with Gasteiger partial charge in [-0.25, -0.2) is 4.39 Å². The molecule has 2 rings (SSSR count). The molecule has 0 aliphatic heterocycles. The van der Waals surface area contributed by atoms with Crippen molar-refractivity contribution in [1.29, 1.82) is 0 Å². The number of nitrogens with two attached hydrogens (primary N) is 1. The predicted molar refractivity (Wildman–Crippen MR) is 82.5 cm³/mol. The van der Waals surface area contributed by atoms with E-state index < -0.39 is 5.82 Å². The van der Waals surface area contributed by atoms with E-state index in [1.807, 2.05) is 25.1 Å². The fraction of sp³-hybridized carbons (Fsp3) is 0.200. The van der Waals surface area contributed by atoms with Crippen LogP contribution in [0.4, 0.5) is 4.39 Å². The molecule has 20 heavy (non-hydrogen) atoms. The van der Waals surface area contributed by atoms with E-state index in [0.29, 0.717) is 11.3 Å². The molecule has 1 atom stereocenters. The minimum atomic E-state index is -0.448. The molecule has 0 spiro atoms. The Hall–Kier alpha value is -1.10. The zero-order valence-electron chi connectivity index (χ0n) is 10.9. The highest BCUT2D eigenvalue weighted by Gasteiger charge is 2.09. The summed E-state index contributed by atoms with van der Waals surface area (Å²) in [4.78, 5) is 0. The van der Waals surface area contributed by atoms with Crippen molar-refractivity contribution in [2.24, 2.45) is 5.73 Å². The molecule has 0 saturated heterocycles. The van der Waals surface area contributed by atoms with E-state index in [1.54, 1.807) is 6.07 Å². The summed E-state index contributed by atoms with van der Waals surface area (Å²) in [6, 6.07) is 10.1. The average molecular weight is 359 g/mol. The molecule has 0 aliphatic rings. The highest BCUT2D eigenvalue weighted by atomic mass is 79.9. The largest absolute Gasteiger partial charge is 0.489 e. The quantitative estimate of drug-likeness (QED) is 0.848. The molecule has 0 saturated carbocycles. The van der Waals surface area contributed by atoms with Crippen LogP contribution in [0.5, 0.6) is 5.75 Å². The van der Waals surface area contributed by atoms with Gasteiger partial charge in [0.25, 0.3) is 0 Å². The molecule has 0 radical (unpaired) electrons. The zero-order valence-corrected chi connectivity index (χ0v) is 13.2. The maximum Gasteiger partial charge on any atom is 0.142 e. The second kappa shape index (κ2) is 6.57. The van der Waals surface area contributed by atoms with Gasteiger partial charge in [0.1, 0.15) is 18.2 Å². The topological polar surface area (TPSA) is 35.2 Å². The third kappa shape index (κ3) is 3.72. The molecule has 0 amide bonds. The minimum Gasteiger partial charge on any atom is -0.489 e. The zero-order chi connectivity index (χ0) is 14.7. The summed E-state index contributed by atoms with van der Waals surface area (Å²) in [6.45, 7) is 2.14. The Morgan fingerprint density at radius 1 is 1.30 bits per heavy atom. The second-order valence-electron chi connectivity index (χ2n) is 4.51. The highest BCUT2D eigenvalue weighted by molar-refractivity contribution is 9.10. The van der Waals surface area contributed by atoms with Gasteiger partial charge in [-0.15, -0.1) is 0 Å². The number of ether oxygens (including phenoxy) is 1. The van der Waals surface area contributed by atoms with Crippen molar-refractivity contribution in [2.75, 3.05) is 0 Å². The van der Waals surface area contributed by atoms with Crippen molar-refractivity contribution in [3.05, 3.63) is 62.8 Å². The molecule has 0 aliphatic carbocycles. The summed E-state index contributed by atoms with van der Waals surface area (Å²) < 4.78 is 20.0. The van der Waals surface area contributed by atoms with Crippen LogP contribution in [-0.2, 0) is 6.61 Å². The van der Waals surface area contributed by atoms with Gasteiger partial charge in [-0.3, -0.25) is 0 Å². The van der Waals surface area contributed by atoms with Crippen LogP contribution in [0.2, 0.25) is 5.02 Å². The first-order valence-electron chi connectivity index (χ1n) is 6.09. The number of rotatable bonds is 4. The molecule has 2 aromatic carbocycles. The number of benzene rings is 2. The Morgan fingerprint density at radius 2 is 2.05 bits per heavy atom. The highest BCUT2D eigenvalue weighted by Crippen LogP contribution is 2.28. The Balaban J connectivity index is 2.16. The van der Waals surface area contributed by atoms with Gasteiger partial charge in [-0.05, 0) is 42.8 Å². The molecule has 2 aromatic rings. The van der Waals surface area contributed by atoms with E-state index in [4.69, 9.17) is 22.1 Å². The Morgan fingerprint density at radius 3 is 2.70 bits per heavy atom. The normalized spacial score (nSPS) is 12.2. The molecule has 0 heterocycles. The van der Waals surface area contributed by atoms with E-state index >= 15 is 0 Å². The first-order chi connectivity index (χ1) is 9.47. The lowest BCUT2D eigenvalue weighted by Gasteiger charge is -2.14. The second-order valence-corrected chi connectivity index (χ2v) is 5.83. The maximum absolute atomic E-state index is 13.4. The molecule has 1 unspecified atom stereocenters. The lowest BCUT2D eigenvalue weighted by Crippen LogP contribution is -2.08. The van der Waals surface area contributed by atoms with Crippen LogP contribution < -0.4 is 10.5 Å². The van der Waals surface area contributed by atoms with Crippen molar-refractivity contribution in [2.45, 2.75) is 19.6 Å². The molecule has 5 heteroatoms. The van der Waals surface area contributed by atoms with Gasteiger partial charge in [-0.1, -0.05) is 33.6 Å². The Bertz CT molecular complexity index is 619. The van der Waals surface area contributed by atoms with E-state index in [0.717, 1.165) is 10.0 Å². The Labute approximate surface area is 130 Å². The minimum absolute atomic E-state index is 0.105. The summed E-state index contributed by atoms with van der Waals surface area (Å²) >= 11 is 9.05. The molecule has 2 nitrogen and oxygen atoms in total. The van der Waals surface area contributed by atoms with Gasteiger partial charge in [0.05, 0.1) is 5.02 Å². The fourth-order valence-corrected chi connectivity index (χ4v) is 2.29. The first-order valence-corrected chi connectivity index (χ1v) is 7.26. The molecule has 0 bridgehead atoms. The fourth-order valence-electron chi connectivity index (χ4n) is 1.80. The van der Waals surface area contributed by atoms with Gasteiger partial charge < -0.3 is 10.5 Å². The summed E-state index contributed by atoms with van der Waals surface area (Å²) in [5.74, 6) is 0.245. The molecule has 0 fully saturated rings. The number of halogens is 3. The lowest BCUT2D eigenvalue weighted by molar-refractivity contribution is 0.301. The van der Waals surface area contributed by atoms with E-state index in [2.05, 4.69) is 15.9 Å². The molecular weight excluding hydrogens is 345 g/mol. The SMILES string of the molecule is CC(N)c1cc(Br)ccc1OCc1ccc(Cl)c(F)c1. The first kappa shape index (κ1) is 15.3. The van der Waals surface area contributed by atoms with Gasteiger partial charge in [0.15, 0.2) is 0 Å². The van der Waals surface area contributed by atoms with Crippen LogP contribution in [0.25, 0.3) is 0 Å². The molecule has 0 aromatic heterocycles. The number of hydrogen-bond donors (Lipinski definition) is 1. The van der Waals surface area contributed by atoms with Crippen molar-refractivity contribution in [1.82, 2.24) is 0 Å². The van der Waals surface area contributed by atoms with Crippen LogP contribution in [-0.4, -0.2) is 0 Å².